The minimum atomic E-state index is -1.22. The molecule has 0 aliphatic heterocycles. The van der Waals surface area contributed by atoms with Crippen LogP contribution in [0.4, 0.5) is 0 Å². The lowest BCUT2D eigenvalue weighted by Gasteiger charge is -2.15. The second-order valence-corrected chi connectivity index (χ2v) is 6.44. The predicted molar refractivity (Wildman–Crippen MR) is 89.6 cm³/mol. The normalized spacial score (nSPS) is 15.2. The van der Waals surface area contributed by atoms with Crippen molar-refractivity contribution in [2.45, 2.75) is 31.7 Å². The number of carbonyl (C=O) groups excluding carboxylic acids is 1. The van der Waals surface area contributed by atoms with Gasteiger partial charge in [-0.25, -0.2) is 9.78 Å². The molecule has 134 valence electrons. The van der Waals surface area contributed by atoms with Gasteiger partial charge in [-0.1, -0.05) is 5.16 Å². The number of aryl methyl sites for hydroxylation is 2. The Hall–Kier alpha value is -3.23. The number of amides is 1. The zero-order valence-corrected chi connectivity index (χ0v) is 14.3. The highest BCUT2D eigenvalue weighted by molar-refractivity contribution is 6.07. The zero-order chi connectivity index (χ0) is 18.4. The summed E-state index contributed by atoms with van der Waals surface area (Å²) in [6.45, 7) is 1.72. The van der Waals surface area contributed by atoms with Gasteiger partial charge in [0.15, 0.2) is 6.04 Å². The first-order valence-electron chi connectivity index (χ1n) is 8.24. The van der Waals surface area contributed by atoms with Gasteiger partial charge < -0.3 is 14.9 Å². The highest BCUT2D eigenvalue weighted by Crippen LogP contribution is 2.40. The third kappa shape index (κ3) is 2.71. The van der Waals surface area contributed by atoms with E-state index in [1.165, 1.54) is 10.9 Å². The molecule has 3 aromatic rings. The topological polar surface area (TPSA) is 123 Å². The maximum absolute atomic E-state index is 12.9. The van der Waals surface area contributed by atoms with Crippen molar-refractivity contribution in [3.05, 3.63) is 41.0 Å². The number of nitrogens with one attached hydrogen (secondary N) is 1. The first-order valence-corrected chi connectivity index (χ1v) is 8.24. The molecule has 1 atom stereocenters. The average molecular weight is 355 g/mol. The third-order valence-electron chi connectivity index (χ3n) is 4.55. The molecule has 9 heteroatoms. The molecule has 1 aliphatic rings. The Bertz CT molecular complexity index is 1020. The lowest BCUT2D eigenvalue weighted by Crippen LogP contribution is -2.35. The number of nitrogens with zero attached hydrogens (tertiary/aromatic N) is 4. The monoisotopic (exact) mass is 355 g/mol. The first-order chi connectivity index (χ1) is 12.5. The summed E-state index contributed by atoms with van der Waals surface area (Å²) in [7, 11) is 1.62. The quantitative estimate of drug-likeness (QED) is 0.714. The number of hydrogen-bond donors (Lipinski definition) is 2. The summed E-state index contributed by atoms with van der Waals surface area (Å²) < 4.78 is 6.65. The van der Waals surface area contributed by atoms with Crippen LogP contribution in [0.25, 0.3) is 11.1 Å². The van der Waals surface area contributed by atoms with E-state index in [4.69, 9.17) is 4.52 Å². The summed E-state index contributed by atoms with van der Waals surface area (Å²) in [4.78, 5) is 29.0. The van der Waals surface area contributed by atoms with Crippen molar-refractivity contribution in [1.82, 2.24) is 25.2 Å². The molecule has 1 saturated carbocycles. The molecule has 0 saturated heterocycles. The molecular weight excluding hydrogens is 338 g/mol. The number of aliphatic carboxylic acids is 1. The van der Waals surface area contributed by atoms with Crippen molar-refractivity contribution in [3.8, 4) is 0 Å². The van der Waals surface area contributed by atoms with Crippen molar-refractivity contribution in [2.24, 2.45) is 7.05 Å². The second-order valence-electron chi connectivity index (χ2n) is 6.44. The smallest absolute Gasteiger partial charge is 0.332 e. The van der Waals surface area contributed by atoms with Crippen LogP contribution in [0.15, 0.2) is 22.9 Å². The SMILES string of the molecule is Cc1noc2nc(C3CC3)cc(C(=O)NC(C(=O)O)c3ccnn3C)c12. The van der Waals surface area contributed by atoms with Crippen LogP contribution >= 0.6 is 0 Å². The van der Waals surface area contributed by atoms with Crippen LogP contribution in [-0.2, 0) is 11.8 Å². The Morgan fingerprint density at radius 2 is 2.19 bits per heavy atom. The van der Waals surface area contributed by atoms with Crippen LogP contribution in [0, 0.1) is 6.92 Å². The fraction of sp³-hybridized carbons (Fsp3) is 0.353. The average Bonchev–Trinajstić information content (AvgIpc) is 3.28. The summed E-state index contributed by atoms with van der Waals surface area (Å²) in [5, 5.41) is 20.5. The molecule has 0 bridgehead atoms. The van der Waals surface area contributed by atoms with Gasteiger partial charge in [0.2, 0.25) is 0 Å². The van der Waals surface area contributed by atoms with E-state index in [1.807, 2.05) is 0 Å². The largest absolute Gasteiger partial charge is 0.479 e. The number of carboxylic acids is 1. The summed E-state index contributed by atoms with van der Waals surface area (Å²) in [5.41, 5.74) is 2.30. The van der Waals surface area contributed by atoms with Gasteiger partial charge in [-0.2, -0.15) is 5.10 Å². The van der Waals surface area contributed by atoms with Gasteiger partial charge in [-0.05, 0) is 31.9 Å². The highest BCUT2D eigenvalue weighted by Gasteiger charge is 2.31. The first kappa shape index (κ1) is 16.2. The number of hydrogen-bond acceptors (Lipinski definition) is 6. The fourth-order valence-electron chi connectivity index (χ4n) is 3.02. The van der Waals surface area contributed by atoms with Crippen LogP contribution in [0.5, 0.6) is 0 Å². The molecule has 3 aromatic heterocycles. The minimum Gasteiger partial charge on any atom is -0.479 e. The number of fused-ring (bicyclic) bond motifs is 1. The molecule has 9 nitrogen and oxygen atoms in total. The number of carbonyl (C=O) groups is 2. The molecule has 1 amide bonds. The number of aromatic nitrogens is 4. The van der Waals surface area contributed by atoms with Gasteiger partial charge in [0, 0.05) is 24.9 Å². The van der Waals surface area contributed by atoms with E-state index in [2.05, 4.69) is 20.6 Å². The third-order valence-corrected chi connectivity index (χ3v) is 4.55. The maximum Gasteiger partial charge on any atom is 0.332 e. The Morgan fingerprint density at radius 3 is 2.81 bits per heavy atom. The van der Waals surface area contributed by atoms with Crippen molar-refractivity contribution >= 4 is 23.0 Å². The summed E-state index contributed by atoms with van der Waals surface area (Å²) >= 11 is 0. The van der Waals surface area contributed by atoms with Crippen molar-refractivity contribution in [1.29, 1.82) is 0 Å². The standard InChI is InChI=1S/C17H17N5O4/c1-8-13-10(7-11(9-3-4-9)19-16(13)26-21-8)15(23)20-14(17(24)25)12-5-6-18-22(12)2/h5-7,9,14H,3-4H2,1-2H3,(H,20,23)(H,24,25). The van der Waals surface area contributed by atoms with Gasteiger partial charge in [-0.3, -0.25) is 9.48 Å². The van der Waals surface area contributed by atoms with Gasteiger partial charge in [0.25, 0.3) is 11.6 Å². The van der Waals surface area contributed by atoms with Crippen molar-refractivity contribution in [2.75, 3.05) is 0 Å². The zero-order valence-electron chi connectivity index (χ0n) is 14.3. The summed E-state index contributed by atoms with van der Waals surface area (Å²) in [6, 6.07) is 2.05. The van der Waals surface area contributed by atoms with E-state index in [-0.39, 0.29) is 0 Å². The Morgan fingerprint density at radius 1 is 1.42 bits per heavy atom. The molecule has 1 fully saturated rings. The Labute approximate surface area is 148 Å². The molecule has 0 radical (unpaired) electrons. The number of rotatable bonds is 5. The summed E-state index contributed by atoms with van der Waals surface area (Å²) in [5.74, 6) is -1.38. The molecule has 4 rings (SSSR count). The molecule has 1 aliphatic carbocycles. The maximum atomic E-state index is 12.9. The molecule has 26 heavy (non-hydrogen) atoms. The molecule has 0 aromatic carbocycles. The fourth-order valence-corrected chi connectivity index (χ4v) is 3.02. The van der Waals surface area contributed by atoms with Crippen molar-refractivity contribution < 1.29 is 19.2 Å². The molecule has 3 heterocycles. The number of carboxylic acid groups (broad SMARTS) is 1. The lowest BCUT2D eigenvalue weighted by atomic mass is 10.1. The van der Waals surface area contributed by atoms with E-state index in [0.717, 1.165) is 18.5 Å². The molecule has 1 unspecified atom stereocenters. The Kier molecular flexibility index (Phi) is 3.71. The van der Waals surface area contributed by atoms with E-state index in [9.17, 15) is 14.7 Å². The van der Waals surface area contributed by atoms with Gasteiger partial charge >= 0.3 is 5.97 Å². The van der Waals surface area contributed by atoms with Gasteiger partial charge in [0.05, 0.1) is 22.3 Å². The van der Waals surface area contributed by atoms with E-state index >= 15 is 0 Å². The van der Waals surface area contributed by atoms with Crippen LogP contribution < -0.4 is 5.32 Å². The second kappa shape index (κ2) is 5.94. The van der Waals surface area contributed by atoms with Crippen LogP contribution in [0.1, 0.15) is 52.2 Å². The van der Waals surface area contributed by atoms with E-state index < -0.39 is 17.9 Å². The van der Waals surface area contributed by atoms with E-state index in [0.29, 0.717) is 34.0 Å². The van der Waals surface area contributed by atoms with E-state index in [1.54, 1.807) is 26.1 Å². The van der Waals surface area contributed by atoms with Gasteiger partial charge in [-0.15, -0.1) is 0 Å². The lowest BCUT2D eigenvalue weighted by molar-refractivity contribution is -0.139. The van der Waals surface area contributed by atoms with Crippen LogP contribution in [-0.4, -0.2) is 36.9 Å². The highest BCUT2D eigenvalue weighted by atomic mass is 16.5. The summed E-state index contributed by atoms with van der Waals surface area (Å²) in [6.07, 6.45) is 3.51. The predicted octanol–water partition coefficient (Wildman–Crippen LogP) is 1.70. The molecular formula is C17H17N5O4. The minimum absolute atomic E-state index is 0.296. The van der Waals surface area contributed by atoms with Crippen LogP contribution in [0.2, 0.25) is 0 Å². The number of pyridine rings is 1. The molecule has 0 spiro atoms. The van der Waals surface area contributed by atoms with Crippen LogP contribution in [0.3, 0.4) is 0 Å². The van der Waals surface area contributed by atoms with Crippen molar-refractivity contribution in [3.63, 3.8) is 0 Å². The Balaban J connectivity index is 1.74. The molecule has 2 N–H and O–H groups in total. The van der Waals surface area contributed by atoms with Gasteiger partial charge in [0.1, 0.15) is 0 Å².